The van der Waals surface area contributed by atoms with Gasteiger partial charge < -0.3 is 14.2 Å². The van der Waals surface area contributed by atoms with Crippen molar-refractivity contribution in [2.75, 3.05) is 13.7 Å². The molecule has 0 fully saturated rings. The highest BCUT2D eigenvalue weighted by atomic mass is 16.5. The Bertz CT molecular complexity index is 647. The number of carbonyl (C=O) groups excluding carboxylic acids is 1. The summed E-state index contributed by atoms with van der Waals surface area (Å²) in [6, 6.07) is 13.9. The van der Waals surface area contributed by atoms with Crippen LogP contribution in [0.3, 0.4) is 0 Å². The zero-order valence-corrected chi connectivity index (χ0v) is 15.2. The third-order valence-corrected chi connectivity index (χ3v) is 4.17. The van der Waals surface area contributed by atoms with E-state index in [1.54, 1.807) is 55.6 Å². The van der Waals surface area contributed by atoms with Crippen LogP contribution in [0, 0.1) is 5.92 Å². The van der Waals surface area contributed by atoms with Crippen molar-refractivity contribution in [3.63, 3.8) is 0 Å². The molecule has 25 heavy (non-hydrogen) atoms. The van der Waals surface area contributed by atoms with Gasteiger partial charge in [-0.3, -0.25) is 0 Å². The van der Waals surface area contributed by atoms with Crippen LogP contribution in [0.2, 0.25) is 0 Å². The first-order valence-corrected chi connectivity index (χ1v) is 8.71. The first kappa shape index (κ1) is 18.8. The average molecular weight is 342 g/mol. The van der Waals surface area contributed by atoms with Crippen LogP contribution in [-0.4, -0.2) is 19.7 Å². The fourth-order valence-electron chi connectivity index (χ4n) is 2.32. The van der Waals surface area contributed by atoms with E-state index in [2.05, 4.69) is 13.8 Å². The van der Waals surface area contributed by atoms with Crippen molar-refractivity contribution in [3.8, 4) is 17.2 Å². The standard InChI is InChI=1S/C21H26O4/c1-4-16(2)6-5-15-24-19-9-7-17(8-10-19)21(22)25-20-13-11-18(23-3)12-14-20/h7-14,16H,4-6,15H2,1-3H3. The Morgan fingerprint density at radius 3 is 2.16 bits per heavy atom. The van der Waals surface area contributed by atoms with Crippen LogP contribution in [0.1, 0.15) is 43.5 Å². The van der Waals surface area contributed by atoms with Gasteiger partial charge in [0, 0.05) is 0 Å². The van der Waals surface area contributed by atoms with Gasteiger partial charge in [-0.05, 0) is 67.3 Å². The number of hydrogen-bond donors (Lipinski definition) is 0. The van der Waals surface area contributed by atoms with E-state index in [0.29, 0.717) is 17.9 Å². The molecule has 0 aromatic heterocycles. The molecule has 1 unspecified atom stereocenters. The molecule has 0 heterocycles. The molecule has 134 valence electrons. The fraction of sp³-hybridized carbons (Fsp3) is 0.381. The molecular weight excluding hydrogens is 316 g/mol. The Morgan fingerprint density at radius 1 is 0.960 bits per heavy atom. The van der Waals surface area contributed by atoms with Crippen molar-refractivity contribution in [2.45, 2.75) is 33.1 Å². The number of esters is 1. The Balaban J connectivity index is 1.82. The number of rotatable bonds is 9. The third kappa shape index (κ3) is 6.14. The summed E-state index contributed by atoms with van der Waals surface area (Å²) in [7, 11) is 1.59. The lowest BCUT2D eigenvalue weighted by Crippen LogP contribution is -2.08. The quantitative estimate of drug-likeness (QED) is 0.360. The van der Waals surface area contributed by atoms with E-state index in [4.69, 9.17) is 14.2 Å². The lowest BCUT2D eigenvalue weighted by molar-refractivity contribution is 0.0734. The summed E-state index contributed by atoms with van der Waals surface area (Å²) in [5.41, 5.74) is 0.489. The van der Waals surface area contributed by atoms with Crippen LogP contribution in [0.15, 0.2) is 48.5 Å². The molecule has 1 atom stereocenters. The maximum atomic E-state index is 12.2. The normalized spacial score (nSPS) is 11.6. The van der Waals surface area contributed by atoms with Crippen molar-refractivity contribution in [2.24, 2.45) is 5.92 Å². The number of hydrogen-bond acceptors (Lipinski definition) is 4. The van der Waals surface area contributed by atoms with Crippen molar-refractivity contribution < 1.29 is 19.0 Å². The van der Waals surface area contributed by atoms with Gasteiger partial charge in [0.15, 0.2) is 0 Å². The predicted molar refractivity (Wildman–Crippen MR) is 98.6 cm³/mol. The van der Waals surface area contributed by atoms with Crippen LogP contribution in [0.4, 0.5) is 0 Å². The van der Waals surface area contributed by atoms with Crippen LogP contribution in [-0.2, 0) is 0 Å². The molecule has 0 aliphatic carbocycles. The Labute approximate surface area is 149 Å². The van der Waals surface area contributed by atoms with E-state index in [0.717, 1.165) is 23.8 Å². The summed E-state index contributed by atoms with van der Waals surface area (Å²) in [5.74, 6) is 2.31. The minimum Gasteiger partial charge on any atom is -0.497 e. The van der Waals surface area contributed by atoms with Gasteiger partial charge in [0.05, 0.1) is 19.3 Å². The molecule has 0 bridgehead atoms. The monoisotopic (exact) mass is 342 g/mol. The second-order valence-electron chi connectivity index (χ2n) is 6.09. The van der Waals surface area contributed by atoms with Crippen LogP contribution in [0.5, 0.6) is 17.2 Å². The summed E-state index contributed by atoms with van der Waals surface area (Å²) in [5, 5.41) is 0. The van der Waals surface area contributed by atoms with Crippen LogP contribution in [0.25, 0.3) is 0 Å². The minimum atomic E-state index is -0.395. The van der Waals surface area contributed by atoms with Crippen LogP contribution < -0.4 is 14.2 Å². The Hall–Kier alpha value is -2.49. The topological polar surface area (TPSA) is 44.8 Å². The molecule has 0 radical (unpaired) electrons. The number of ether oxygens (including phenoxy) is 3. The molecule has 4 heteroatoms. The second-order valence-corrected chi connectivity index (χ2v) is 6.09. The van der Waals surface area contributed by atoms with Gasteiger partial charge in [-0.1, -0.05) is 20.3 Å². The molecule has 0 amide bonds. The third-order valence-electron chi connectivity index (χ3n) is 4.17. The van der Waals surface area contributed by atoms with Gasteiger partial charge in [-0.25, -0.2) is 4.79 Å². The van der Waals surface area contributed by atoms with E-state index in [9.17, 15) is 4.79 Å². The van der Waals surface area contributed by atoms with Crippen molar-refractivity contribution >= 4 is 5.97 Å². The summed E-state index contributed by atoms with van der Waals surface area (Å²) in [6.07, 6.45) is 3.41. The van der Waals surface area contributed by atoms with Gasteiger partial charge in [0.25, 0.3) is 0 Å². The van der Waals surface area contributed by atoms with Crippen molar-refractivity contribution in [3.05, 3.63) is 54.1 Å². The molecule has 2 aromatic carbocycles. The van der Waals surface area contributed by atoms with E-state index in [-0.39, 0.29) is 0 Å². The summed E-state index contributed by atoms with van der Waals surface area (Å²) < 4.78 is 16.1. The molecule has 0 aliphatic heterocycles. The van der Waals surface area contributed by atoms with E-state index in [1.165, 1.54) is 12.8 Å². The predicted octanol–water partition coefficient (Wildman–Crippen LogP) is 5.12. The van der Waals surface area contributed by atoms with E-state index >= 15 is 0 Å². The number of methoxy groups -OCH3 is 1. The summed E-state index contributed by atoms with van der Waals surface area (Å²) in [4.78, 5) is 12.2. The molecule has 0 spiro atoms. The summed E-state index contributed by atoms with van der Waals surface area (Å²) >= 11 is 0. The Morgan fingerprint density at radius 2 is 1.56 bits per heavy atom. The van der Waals surface area contributed by atoms with Crippen molar-refractivity contribution in [1.82, 2.24) is 0 Å². The molecule has 2 aromatic rings. The summed E-state index contributed by atoms with van der Waals surface area (Å²) in [6.45, 7) is 5.15. The molecule has 0 N–H and O–H groups in total. The lowest BCUT2D eigenvalue weighted by atomic mass is 10.0. The maximum Gasteiger partial charge on any atom is 0.343 e. The molecule has 0 saturated carbocycles. The van der Waals surface area contributed by atoms with Gasteiger partial charge in [0.2, 0.25) is 0 Å². The Kier molecular flexibility index (Phi) is 7.33. The first-order chi connectivity index (χ1) is 12.1. The molecule has 0 aliphatic rings. The van der Waals surface area contributed by atoms with E-state index < -0.39 is 5.97 Å². The molecule has 2 rings (SSSR count). The average Bonchev–Trinajstić information content (AvgIpc) is 2.66. The first-order valence-electron chi connectivity index (χ1n) is 8.71. The highest BCUT2D eigenvalue weighted by Crippen LogP contribution is 2.19. The molecule has 0 saturated heterocycles. The highest BCUT2D eigenvalue weighted by molar-refractivity contribution is 5.91. The van der Waals surface area contributed by atoms with Gasteiger partial charge in [-0.15, -0.1) is 0 Å². The van der Waals surface area contributed by atoms with Crippen LogP contribution >= 0.6 is 0 Å². The maximum absolute atomic E-state index is 12.2. The largest absolute Gasteiger partial charge is 0.497 e. The smallest absolute Gasteiger partial charge is 0.343 e. The minimum absolute atomic E-state index is 0.395. The molecular formula is C21H26O4. The van der Waals surface area contributed by atoms with Crippen molar-refractivity contribution in [1.29, 1.82) is 0 Å². The second kappa shape index (κ2) is 9.72. The number of carbonyl (C=O) groups is 1. The van der Waals surface area contributed by atoms with Gasteiger partial charge >= 0.3 is 5.97 Å². The SMILES string of the molecule is CCC(C)CCCOc1ccc(C(=O)Oc2ccc(OC)cc2)cc1. The van der Waals surface area contributed by atoms with E-state index in [1.807, 2.05) is 0 Å². The highest BCUT2D eigenvalue weighted by Gasteiger charge is 2.09. The number of benzene rings is 2. The molecule has 4 nitrogen and oxygen atoms in total. The van der Waals surface area contributed by atoms with Gasteiger partial charge in [0.1, 0.15) is 17.2 Å². The fourth-order valence-corrected chi connectivity index (χ4v) is 2.32. The zero-order valence-electron chi connectivity index (χ0n) is 15.2. The van der Waals surface area contributed by atoms with Gasteiger partial charge in [-0.2, -0.15) is 0 Å². The lowest BCUT2D eigenvalue weighted by Gasteiger charge is -2.10. The zero-order chi connectivity index (χ0) is 18.1.